The summed E-state index contributed by atoms with van der Waals surface area (Å²) >= 11 is 0. The number of anilines is 1. The molecule has 2 aromatic carbocycles. The van der Waals surface area contributed by atoms with Gasteiger partial charge in [-0.15, -0.1) is 0 Å². The highest BCUT2D eigenvalue weighted by Crippen LogP contribution is 2.25. The highest BCUT2D eigenvalue weighted by molar-refractivity contribution is 5.89. The number of rotatable bonds is 7. The minimum absolute atomic E-state index is 0.0525. The van der Waals surface area contributed by atoms with E-state index in [1.807, 2.05) is 43.3 Å². The zero-order valence-corrected chi connectivity index (χ0v) is 14.2. The van der Waals surface area contributed by atoms with Gasteiger partial charge < -0.3 is 20.1 Å². The van der Waals surface area contributed by atoms with Crippen molar-refractivity contribution < 1.29 is 14.6 Å². The van der Waals surface area contributed by atoms with Crippen LogP contribution >= 0.6 is 0 Å². The quantitative estimate of drug-likeness (QED) is 0.821. The van der Waals surface area contributed by atoms with Gasteiger partial charge in [0, 0.05) is 30.8 Å². The van der Waals surface area contributed by atoms with Crippen molar-refractivity contribution in [3.8, 4) is 5.75 Å². The van der Waals surface area contributed by atoms with Gasteiger partial charge in [-0.1, -0.05) is 30.3 Å². The number of carbonyl (C=O) groups excluding carboxylic acids is 1. The molecule has 5 heteroatoms. The summed E-state index contributed by atoms with van der Waals surface area (Å²) < 4.78 is 5.43. The Morgan fingerprint density at radius 1 is 1.21 bits per heavy atom. The third-order valence-electron chi connectivity index (χ3n) is 3.81. The van der Waals surface area contributed by atoms with Crippen molar-refractivity contribution in [3.63, 3.8) is 0 Å². The molecule has 0 heterocycles. The molecular weight excluding hydrogens is 304 g/mol. The van der Waals surface area contributed by atoms with Crippen LogP contribution in [0.25, 0.3) is 0 Å². The number of hydrogen-bond acceptors (Lipinski definition) is 3. The summed E-state index contributed by atoms with van der Waals surface area (Å²) in [5, 5.41) is 11.9. The van der Waals surface area contributed by atoms with E-state index in [4.69, 9.17) is 9.84 Å². The van der Waals surface area contributed by atoms with E-state index >= 15 is 0 Å². The van der Waals surface area contributed by atoms with Crippen molar-refractivity contribution in [2.45, 2.75) is 13.3 Å². The second-order valence-corrected chi connectivity index (χ2v) is 5.42. The van der Waals surface area contributed by atoms with Crippen molar-refractivity contribution in [1.29, 1.82) is 0 Å². The maximum Gasteiger partial charge on any atom is 0.321 e. The molecule has 0 aromatic heterocycles. The van der Waals surface area contributed by atoms with Gasteiger partial charge >= 0.3 is 6.03 Å². The molecule has 0 aliphatic rings. The summed E-state index contributed by atoms with van der Waals surface area (Å²) in [6.45, 7) is 2.68. The molecule has 5 nitrogen and oxygen atoms in total. The molecule has 0 fully saturated rings. The van der Waals surface area contributed by atoms with E-state index in [1.165, 1.54) is 5.56 Å². The fraction of sp³-hybridized carbons (Fsp3) is 0.316. The lowest BCUT2D eigenvalue weighted by atomic mass is 10.0. The number of methoxy groups -OCH3 is 1. The Balaban J connectivity index is 2.17. The van der Waals surface area contributed by atoms with Crippen LogP contribution in [0.5, 0.6) is 5.75 Å². The van der Waals surface area contributed by atoms with Crippen LogP contribution in [-0.2, 0) is 6.42 Å². The number of nitrogens with one attached hydrogen (secondary N) is 1. The van der Waals surface area contributed by atoms with Gasteiger partial charge in [0.2, 0.25) is 0 Å². The fourth-order valence-corrected chi connectivity index (χ4v) is 2.54. The van der Waals surface area contributed by atoms with Gasteiger partial charge in [-0.3, -0.25) is 0 Å². The molecule has 0 bridgehead atoms. The molecule has 128 valence electrons. The van der Waals surface area contributed by atoms with Crippen LogP contribution in [0.2, 0.25) is 0 Å². The molecule has 0 spiro atoms. The predicted octanol–water partition coefficient (Wildman–Crippen LogP) is 3.13. The second kappa shape index (κ2) is 8.93. The summed E-state index contributed by atoms with van der Waals surface area (Å²) in [6.07, 6.45) is 0.724. The maximum absolute atomic E-state index is 12.2. The lowest BCUT2D eigenvalue weighted by Crippen LogP contribution is -2.36. The molecule has 2 aromatic rings. The molecule has 0 radical (unpaired) electrons. The lowest BCUT2D eigenvalue weighted by molar-refractivity contribution is 0.192. The van der Waals surface area contributed by atoms with Crippen LogP contribution in [0.4, 0.5) is 10.5 Å². The number of ether oxygens (including phenoxy) is 1. The maximum atomic E-state index is 12.2. The lowest BCUT2D eigenvalue weighted by Gasteiger charge is -2.20. The molecule has 2 amide bonds. The van der Waals surface area contributed by atoms with Crippen LogP contribution in [0.15, 0.2) is 48.5 Å². The van der Waals surface area contributed by atoms with Gasteiger partial charge in [0.1, 0.15) is 5.75 Å². The number of carbonyl (C=O) groups is 1. The standard InChI is InChI=1S/C19H24N2O3/c1-3-21(11-12-22)19(23)20-17-9-10-18(24-2)16(14-17)13-15-7-5-4-6-8-15/h4-10,14,22H,3,11-13H2,1-2H3,(H,20,23). The Morgan fingerprint density at radius 2 is 1.96 bits per heavy atom. The van der Waals surface area contributed by atoms with E-state index in [2.05, 4.69) is 17.4 Å². The fourth-order valence-electron chi connectivity index (χ4n) is 2.54. The Hall–Kier alpha value is -2.53. The van der Waals surface area contributed by atoms with Gasteiger partial charge in [0.25, 0.3) is 0 Å². The molecule has 0 aliphatic carbocycles. The molecule has 2 rings (SSSR count). The van der Waals surface area contributed by atoms with Crippen molar-refractivity contribution >= 4 is 11.7 Å². The summed E-state index contributed by atoms with van der Waals surface area (Å²) in [4.78, 5) is 13.8. The molecule has 0 atom stereocenters. The molecule has 0 aliphatic heterocycles. The first kappa shape index (κ1) is 17.8. The molecule has 0 unspecified atom stereocenters. The first-order valence-corrected chi connectivity index (χ1v) is 8.05. The monoisotopic (exact) mass is 328 g/mol. The SMILES string of the molecule is CCN(CCO)C(=O)Nc1ccc(OC)c(Cc2ccccc2)c1. The second-order valence-electron chi connectivity index (χ2n) is 5.42. The number of hydrogen-bond donors (Lipinski definition) is 2. The Labute approximate surface area is 142 Å². The average molecular weight is 328 g/mol. The number of benzene rings is 2. The van der Waals surface area contributed by atoms with Gasteiger partial charge in [-0.25, -0.2) is 4.79 Å². The van der Waals surface area contributed by atoms with Gasteiger partial charge in [-0.2, -0.15) is 0 Å². The van der Waals surface area contributed by atoms with Crippen molar-refractivity contribution in [1.82, 2.24) is 4.90 Å². The van der Waals surface area contributed by atoms with Crippen molar-refractivity contribution in [2.75, 3.05) is 32.1 Å². The van der Waals surface area contributed by atoms with Crippen LogP contribution in [-0.4, -0.2) is 42.8 Å². The zero-order valence-electron chi connectivity index (χ0n) is 14.2. The van der Waals surface area contributed by atoms with Crippen LogP contribution in [0.1, 0.15) is 18.1 Å². The summed E-state index contributed by atoms with van der Waals surface area (Å²) in [7, 11) is 1.64. The third-order valence-corrected chi connectivity index (χ3v) is 3.81. The molecule has 0 saturated carbocycles. The molecule has 0 saturated heterocycles. The van der Waals surface area contributed by atoms with Crippen LogP contribution in [0, 0.1) is 0 Å². The van der Waals surface area contributed by atoms with Crippen molar-refractivity contribution in [2.24, 2.45) is 0 Å². The topological polar surface area (TPSA) is 61.8 Å². The minimum atomic E-state index is -0.220. The van der Waals surface area contributed by atoms with E-state index in [-0.39, 0.29) is 12.6 Å². The summed E-state index contributed by atoms with van der Waals surface area (Å²) in [5.74, 6) is 0.791. The van der Waals surface area contributed by atoms with Gasteiger partial charge in [-0.05, 0) is 30.7 Å². The third kappa shape index (κ3) is 4.73. The number of aliphatic hydroxyl groups excluding tert-OH is 1. The van der Waals surface area contributed by atoms with Gasteiger partial charge in [0.05, 0.1) is 13.7 Å². The van der Waals surface area contributed by atoms with Gasteiger partial charge in [0.15, 0.2) is 0 Å². The highest BCUT2D eigenvalue weighted by atomic mass is 16.5. The number of urea groups is 1. The zero-order chi connectivity index (χ0) is 17.4. The summed E-state index contributed by atoms with van der Waals surface area (Å²) in [6, 6.07) is 15.5. The van der Waals surface area contributed by atoms with Crippen LogP contribution in [0.3, 0.4) is 0 Å². The number of nitrogens with zero attached hydrogens (tertiary/aromatic N) is 1. The average Bonchev–Trinajstić information content (AvgIpc) is 2.60. The Bertz CT molecular complexity index is 659. The number of likely N-dealkylation sites (N-methyl/N-ethyl adjacent to an activating group) is 1. The number of aliphatic hydroxyl groups is 1. The van der Waals surface area contributed by atoms with Crippen molar-refractivity contribution in [3.05, 3.63) is 59.7 Å². The molecule has 24 heavy (non-hydrogen) atoms. The largest absolute Gasteiger partial charge is 0.496 e. The predicted molar refractivity (Wildman–Crippen MR) is 95.6 cm³/mol. The van der Waals surface area contributed by atoms with E-state index in [9.17, 15) is 4.79 Å². The van der Waals surface area contributed by atoms with E-state index in [0.29, 0.717) is 18.8 Å². The number of amides is 2. The van der Waals surface area contributed by atoms with E-state index in [0.717, 1.165) is 17.7 Å². The molecular formula is C19H24N2O3. The smallest absolute Gasteiger partial charge is 0.321 e. The minimum Gasteiger partial charge on any atom is -0.496 e. The molecule has 2 N–H and O–H groups in total. The van der Waals surface area contributed by atoms with E-state index < -0.39 is 0 Å². The first-order valence-electron chi connectivity index (χ1n) is 8.05. The summed E-state index contributed by atoms with van der Waals surface area (Å²) in [5.41, 5.74) is 2.89. The Kier molecular flexibility index (Phi) is 6.63. The van der Waals surface area contributed by atoms with Crippen LogP contribution < -0.4 is 10.1 Å². The van der Waals surface area contributed by atoms with E-state index in [1.54, 1.807) is 12.0 Å². The normalized spacial score (nSPS) is 10.3. The highest BCUT2D eigenvalue weighted by Gasteiger charge is 2.12. The first-order chi connectivity index (χ1) is 11.7. The Morgan fingerprint density at radius 3 is 2.58 bits per heavy atom.